The maximum Gasteiger partial charge on any atom is 0.191 e. The first kappa shape index (κ1) is 20.0. The van der Waals surface area contributed by atoms with Gasteiger partial charge in [-0.25, -0.2) is 4.99 Å². The number of hydrogen-bond acceptors (Lipinski definition) is 3. The lowest BCUT2D eigenvalue weighted by atomic mass is 10.2. The molecule has 6 heteroatoms. The Hall–Kier alpha value is -1.02. The van der Waals surface area contributed by atoms with Crippen LogP contribution in [-0.4, -0.2) is 50.7 Å². The number of ether oxygens (including phenoxy) is 1. The molecule has 1 aromatic rings. The Balaban J connectivity index is 0.00000264. The standard InChI is InChI=1S/C17H28N4O.HI/c1-4-18-17(20-15-9-10-15)19-13-14-7-5-6-8-16(14)22-12-11-21(2)3;/h5-8,15H,4,9-13H2,1-3H3,(H2,18,19,20);1H. The largest absolute Gasteiger partial charge is 0.492 e. The van der Waals surface area contributed by atoms with Crippen molar-refractivity contribution < 1.29 is 4.74 Å². The Morgan fingerprint density at radius 1 is 1.30 bits per heavy atom. The van der Waals surface area contributed by atoms with Gasteiger partial charge in [0.15, 0.2) is 5.96 Å². The second kappa shape index (κ2) is 10.7. The number of halogens is 1. The Bertz CT molecular complexity index is 489. The van der Waals surface area contributed by atoms with Crippen molar-refractivity contribution in [3.05, 3.63) is 29.8 Å². The summed E-state index contributed by atoms with van der Waals surface area (Å²) < 4.78 is 5.88. The first-order valence-electron chi connectivity index (χ1n) is 8.09. The maximum atomic E-state index is 5.88. The number of nitrogens with one attached hydrogen (secondary N) is 2. The second-order valence-corrected chi connectivity index (χ2v) is 5.87. The minimum atomic E-state index is 0. The molecule has 0 spiro atoms. The van der Waals surface area contributed by atoms with Gasteiger partial charge in [-0.2, -0.15) is 0 Å². The number of hydrogen-bond donors (Lipinski definition) is 2. The van der Waals surface area contributed by atoms with E-state index >= 15 is 0 Å². The van der Waals surface area contributed by atoms with Crippen LogP contribution in [0.1, 0.15) is 25.3 Å². The van der Waals surface area contributed by atoms with E-state index in [1.807, 2.05) is 32.3 Å². The lowest BCUT2D eigenvalue weighted by molar-refractivity contribution is 0.259. The van der Waals surface area contributed by atoms with Crippen molar-refractivity contribution in [3.8, 4) is 5.75 Å². The highest BCUT2D eigenvalue weighted by atomic mass is 127. The van der Waals surface area contributed by atoms with E-state index in [1.165, 1.54) is 12.8 Å². The average molecular weight is 432 g/mol. The Labute approximate surface area is 156 Å². The van der Waals surface area contributed by atoms with Crippen LogP contribution < -0.4 is 15.4 Å². The maximum absolute atomic E-state index is 5.88. The van der Waals surface area contributed by atoms with Crippen molar-refractivity contribution in [1.29, 1.82) is 0 Å². The van der Waals surface area contributed by atoms with Crippen LogP contribution >= 0.6 is 24.0 Å². The summed E-state index contributed by atoms with van der Waals surface area (Å²) >= 11 is 0. The van der Waals surface area contributed by atoms with Gasteiger partial charge in [0.25, 0.3) is 0 Å². The zero-order valence-corrected chi connectivity index (χ0v) is 16.7. The highest BCUT2D eigenvalue weighted by Gasteiger charge is 2.22. The zero-order chi connectivity index (χ0) is 15.8. The molecule has 0 unspecified atom stereocenters. The lowest BCUT2D eigenvalue weighted by Gasteiger charge is -2.14. The van der Waals surface area contributed by atoms with Crippen LogP contribution in [0.4, 0.5) is 0 Å². The molecule has 2 N–H and O–H groups in total. The predicted octanol–water partition coefficient (Wildman–Crippen LogP) is 2.46. The van der Waals surface area contributed by atoms with Crippen LogP contribution in [0.15, 0.2) is 29.3 Å². The Kier molecular flexibility index (Phi) is 9.31. The molecule has 5 nitrogen and oxygen atoms in total. The van der Waals surface area contributed by atoms with Gasteiger partial charge in [0.1, 0.15) is 12.4 Å². The van der Waals surface area contributed by atoms with E-state index in [-0.39, 0.29) is 24.0 Å². The summed E-state index contributed by atoms with van der Waals surface area (Å²) in [5, 5.41) is 6.72. The third-order valence-corrected chi connectivity index (χ3v) is 3.44. The van der Waals surface area contributed by atoms with E-state index in [2.05, 4.69) is 33.5 Å². The highest BCUT2D eigenvalue weighted by Crippen LogP contribution is 2.20. The molecule has 1 aliphatic rings. The summed E-state index contributed by atoms with van der Waals surface area (Å²) in [6, 6.07) is 8.73. The second-order valence-electron chi connectivity index (χ2n) is 5.87. The summed E-state index contributed by atoms with van der Waals surface area (Å²) in [6.07, 6.45) is 2.49. The van der Waals surface area contributed by atoms with Crippen LogP contribution in [0.25, 0.3) is 0 Å². The minimum Gasteiger partial charge on any atom is -0.492 e. The highest BCUT2D eigenvalue weighted by molar-refractivity contribution is 14.0. The molecular weight excluding hydrogens is 403 g/mol. The first-order chi connectivity index (χ1) is 10.7. The van der Waals surface area contributed by atoms with Crippen LogP contribution in [0.5, 0.6) is 5.75 Å². The van der Waals surface area contributed by atoms with Crippen molar-refractivity contribution in [2.24, 2.45) is 4.99 Å². The predicted molar refractivity (Wildman–Crippen MR) is 107 cm³/mol. The monoisotopic (exact) mass is 432 g/mol. The Morgan fingerprint density at radius 3 is 2.70 bits per heavy atom. The first-order valence-corrected chi connectivity index (χ1v) is 8.09. The van der Waals surface area contributed by atoms with E-state index in [9.17, 15) is 0 Å². The van der Waals surface area contributed by atoms with Gasteiger partial charge in [0.2, 0.25) is 0 Å². The zero-order valence-electron chi connectivity index (χ0n) is 14.3. The summed E-state index contributed by atoms with van der Waals surface area (Å²) in [7, 11) is 4.09. The summed E-state index contributed by atoms with van der Waals surface area (Å²) in [4.78, 5) is 6.79. The van der Waals surface area contributed by atoms with Crippen molar-refractivity contribution in [3.63, 3.8) is 0 Å². The molecule has 23 heavy (non-hydrogen) atoms. The fourth-order valence-corrected chi connectivity index (χ4v) is 2.02. The molecule has 0 aromatic heterocycles. The lowest BCUT2D eigenvalue weighted by Crippen LogP contribution is -2.38. The molecule has 1 fully saturated rings. The van der Waals surface area contributed by atoms with Crippen LogP contribution in [0.3, 0.4) is 0 Å². The number of nitrogens with zero attached hydrogens (tertiary/aromatic N) is 2. The van der Waals surface area contributed by atoms with Crippen LogP contribution in [0, 0.1) is 0 Å². The molecule has 130 valence electrons. The van der Waals surface area contributed by atoms with Crippen LogP contribution in [-0.2, 0) is 6.54 Å². The molecule has 0 aliphatic heterocycles. The fraction of sp³-hybridized carbons (Fsp3) is 0.588. The SMILES string of the molecule is CCNC(=NCc1ccccc1OCCN(C)C)NC1CC1.I. The van der Waals surface area contributed by atoms with Gasteiger partial charge in [0, 0.05) is 24.7 Å². The minimum absolute atomic E-state index is 0. The number of para-hydroxylation sites is 1. The van der Waals surface area contributed by atoms with Crippen LogP contribution in [0.2, 0.25) is 0 Å². The molecule has 0 amide bonds. The smallest absolute Gasteiger partial charge is 0.191 e. The van der Waals surface area contributed by atoms with E-state index in [4.69, 9.17) is 4.74 Å². The van der Waals surface area contributed by atoms with Gasteiger partial charge in [-0.15, -0.1) is 24.0 Å². The van der Waals surface area contributed by atoms with Gasteiger partial charge in [-0.1, -0.05) is 18.2 Å². The third-order valence-electron chi connectivity index (χ3n) is 3.44. The molecule has 0 atom stereocenters. The molecule has 1 aliphatic carbocycles. The van der Waals surface area contributed by atoms with Crippen molar-refractivity contribution in [2.45, 2.75) is 32.4 Å². The summed E-state index contributed by atoms with van der Waals surface area (Å²) in [5.74, 6) is 1.82. The van der Waals surface area contributed by atoms with Crippen molar-refractivity contribution in [1.82, 2.24) is 15.5 Å². The molecule has 0 radical (unpaired) electrons. The number of benzene rings is 1. The molecular formula is C17H29IN4O. The Morgan fingerprint density at radius 2 is 2.04 bits per heavy atom. The van der Waals surface area contributed by atoms with Crippen molar-refractivity contribution in [2.75, 3.05) is 33.8 Å². The molecule has 1 aromatic carbocycles. The number of likely N-dealkylation sites (N-methyl/N-ethyl adjacent to an activating group) is 1. The molecule has 2 rings (SSSR count). The third kappa shape index (κ3) is 7.87. The van der Waals surface area contributed by atoms with Gasteiger partial charge in [-0.3, -0.25) is 0 Å². The molecule has 0 heterocycles. The van der Waals surface area contributed by atoms with E-state index in [0.717, 1.165) is 30.4 Å². The van der Waals surface area contributed by atoms with E-state index < -0.39 is 0 Å². The summed E-state index contributed by atoms with van der Waals surface area (Å²) in [6.45, 7) is 5.18. The normalized spacial score (nSPS) is 14.3. The number of aliphatic imine (C=N–C) groups is 1. The topological polar surface area (TPSA) is 48.9 Å². The van der Waals surface area contributed by atoms with Gasteiger partial charge in [-0.05, 0) is 39.9 Å². The van der Waals surface area contributed by atoms with Gasteiger partial charge < -0.3 is 20.3 Å². The van der Waals surface area contributed by atoms with E-state index in [0.29, 0.717) is 19.2 Å². The number of rotatable bonds is 8. The molecule has 0 bridgehead atoms. The number of guanidine groups is 1. The fourth-order valence-electron chi connectivity index (χ4n) is 2.02. The quantitative estimate of drug-likeness (QED) is 0.377. The summed E-state index contributed by atoms with van der Waals surface area (Å²) in [5.41, 5.74) is 1.12. The van der Waals surface area contributed by atoms with Gasteiger partial charge in [0.05, 0.1) is 6.54 Å². The molecule has 0 saturated heterocycles. The van der Waals surface area contributed by atoms with Gasteiger partial charge >= 0.3 is 0 Å². The molecule has 1 saturated carbocycles. The van der Waals surface area contributed by atoms with Crippen molar-refractivity contribution >= 4 is 29.9 Å². The van der Waals surface area contributed by atoms with E-state index in [1.54, 1.807) is 0 Å². The average Bonchev–Trinajstić information content (AvgIpc) is 3.30.